The molecule has 8 heteroatoms. The Balaban J connectivity index is 2.71. The molecule has 0 saturated carbocycles. The zero-order chi connectivity index (χ0) is 16.9. The molecule has 0 heterocycles. The van der Waals surface area contributed by atoms with Crippen LogP contribution in [0.4, 0.5) is 13.2 Å². The first-order valence-corrected chi connectivity index (χ1v) is 6.45. The summed E-state index contributed by atoms with van der Waals surface area (Å²) in [5.74, 6) is -1.18. The maximum Gasteiger partial charge on any atom is 0.416 e. The molecule has 0 aliphatic rings. The molecular formula is C14H17F3N2O3. The van der Waals surface area contributed by atoms with E-state index in [9.17, 15) is 22.8 Å². The highest BCUT2D eigenvalue weighted by atomic mass is 19.4. The summed E-state index contributed by atoms with van der Waals surface area (Å²) in [6.07, 6.45) is -4.72. The molecule has 0 aromatic heterocycles. The highest BCUT2D eigenvalue weighted by molar-refractivity contribution is 5.84. The minimum atomic E-state index is -4.47. The first-order valence-electron chi connectivity index (χ1n) is 6.45. The van der Waals surface area contributed by atoms with E-state index in [-0.39, 0.29) is 12.0 Å². The minimum absolute atomic E-state index is 0.190. The summed E-state index contributed by atoms with van der Waals surface area (Å²) in [7, 11) is 1.18. The van der Waals surface area contributed by atoms with Gasteiger partial charge in [0.05, 0.1) is 12.7 Å². The molecule has 1 aromatic carbocycles. The van der Waals surface area contributed by atoms with E-state index in [1.54, 1.807) is 0 Å². The van der Waals surface area contributed by atoms with Gasteiger partial charge in [0.2, 0.25) is 5.91 Å². The average molecular weight is 318 g/mol. The third-order valence-corrected chi connectivity index (χ3v) is 2.98. The molecule has 0 fully saturated rings. The summed E-state index contributed by atoms with van der Waals surface area (Å²) >= 11 is 0. The fourth-order valence-corrected chi connectivity index (χ4v) is 1.80. The molecule has 0 aliphatic carbocycles. The van der Waals surface area contributed by atoms with Gasteiger partial charge >= 0.3 is 12.1 Å². The number of carbonyl (C=O) groups excluding carboxylic acids is 2. The smallest absolute Gasteiger partial charge is 0.416 e. The number of hydrogen-bond donors (Lipinski definition) is 2. The van der Waals surface area contributed by atoms with Crippen molar-refractivity contribution in [3.63, 3.8) is 0 Å². The van der Waals surface area contributed by atoms with Crippen LogP contribution >= 0.6 is 0 Å². The van der Waals surface area contributed by atoms with E-state index in [2.05, 4.69) is 10.1 Å². The van der Waals surface area contributed by atoms with E-state index in [4.69, 9.17) is 5.73 Å². The molecule has 122 valence electrons. The number of methoxy groups -OCH3 is 1. The summed E-state index contributed by atoms with van der Waals surface area (Å²) in [5, 5.41) is 2.36. The van der Waals surface area contributed by atoms with Gasteiger partial charge in [-0.2, -0.15) is 13.2 Å². The number of rotatable bonds is 5. The van der Waals surface area contributed by atoms with Crippen molar-refractivity contribution in [2.75, 3.05) is 7.11 Å². The lowest BCUT2D eigenvalue weighted by Gasteiger charge is -2.16. The highest BCUT2D eigenvalue weighted by Gasteiger charge is 2.31. The Kier molecular flexibility index (Phi) is 5.92. The molecule has 0 saturated heterocycles. The van der Waals surface area contributed by atoms with E-state index in [0.717, 1.165) is 12.1 Å². The molecule has 0 radical (unpaired) electrons. The zero-order valence-electron chi connectivity index (χ0n) is 12.1. The van der Waals surface area contributed by atoms with Crippen molar-refractivity contribution in [3.8, 4) is 0 Å². The molecule has 2 atom stereocenters. The van der Waals surface area contributed by atoms with E-state index in [0.29, 0.717) is 0 Å². The number of carbonyl (C=O) groups is 2. The Morgan fingerprint density at radius 3 is 2.55 bits per heavy atom. The van der Waals surface area contributed by atoms with Crippen molar-refractivity contribution in [1.82, 2.24) is 5.32 Å². The van der Waals surface area contributed by atoms with E-state index < -0.39 is 35.7 Å². The van der Waals surface area contributed by atoms with Crippen molar-refractivity contribution >= 4 is 11.9 Å². The molecule has 1 aromatic rings. The normalized spacial score (nSPS) is 14.1. The fourth-order valence-electron chi connectivity index (χ4n) is 1.80. The average Bonchev–Trinajstić information content (AvgIpc) is 2.45. The van der Waals surface area contributed by atoms with Crippen LogP contribution in [0.2, 0.25) is 0 Å². The number of hydrogen-bond acceptors (Lipinski definition) is 4. The zero-order valence-corrected chi connectivity index (χ0v) is 12.1. The molecule has 2 unspecified atom stereocenters. The van der Waals surface area contributed by atoms with Crippen LogP contribution in [0.15, 0.2) is 24.3 Å². The van der Waals surface area contributed by atoms with Crippen molar-refractivity contribution < 1.29 is 27.5 Å². The quantitative estimate of drug-likeness (QED) is 0.811. The lowest BCUT2D eigenvalue weighted by Crippen LogP contribution is -2.40. The van der Waals surface area contributed by atoms with Crippen LogP contribution in [0.1, 0.15) is 30.5 Å². The first-order chi connectivity index (χ1) is 10.1. The van der Waals surface area contributed by atoms with Crippen LogP contribution in [0.3, 0.4) is 0 Å². The molecule has 5 nitrogen and oxygen atoms in total. The first kappa shape index (κ1) is 18.0. The van der Waals surface area contributed by atoms with Crippen LogP contribution < -0.4 is 11.1 Å². The SMILES string of the molecule is COC(=O)C(C)NC(=O)CC(N)c1cccc(C(F)(F)F)c1. The van der Waals surface area contributed by atoms with Gasteiger partial charge in [0.25, 0.3) is 0 Å². The van der Waals surface area contributed by atoms with Gasteiger partial charge in [-0.25, -0.2) is 4.79 Å². The molecule has 3 N–H and O–H groups in total. The largest absolute Gasteiger partial charge is 0.467 e. The number of nitrogens with one attached hydrogen (secondary N) is 1. The maximum atomic E-state index is 12.6. The Morgan fingerprint density at radius 2 is 2.00 bits per heavy atom. The molecule has 22 heavy (non-hydrogen) atoms. The van der Waals surface area contributed by atoms with Crippen LogP contribution in [-0.2, 0) is 20.5 Å². The van der Waals surface area contributed by atoms with Gasteiger partial charge in [0.1, 0.15) is 6.04 Å². The van der Waals surface area contributed by atoms with Gasteiger partial charge in [-0.05, 0) is 24.6 Å². The second-order valence-corrected chi connectivity index (χ2v) is 4.75. The van der Waals surface area contributed by atoms with Crippen molar-refractivity contribution in [3.05, 3.63) is 35.4 Å². The van der Waals surface area contributed by atoms with Gasteiger partial charge in [0, 0.05) is 12.5 Å². The predicted octanol–water partition coefficient (Wildman–Crippen LogP) is 1.77. The second-order valence-electron chi connectivity index (χ2n) is 4.75. The Morgan fingerprint density at radius 1 is 1.36 bits per heavy atom. The number of esters is 1. The Bertz CT molecular complexity index is 546. The molecule has 1 rings (SSSR count). The van der Waals surface area contributed by atoms with Crippen LogP contribution in [0.5, 0.6) is 0 Å². The van der Waals surface area contributed by atoms with E-state index >= 15 is 0 Å². The summed E-state index contributed by atoms with van der Waals surface area (Å²) in [6, 6.07) is 2.71. The summed E-state index contributed by atoms with van der Waals surface area (Å²) in [5.41, 5.74) is 5.11. The summed E-state index contributed by atoms with van der Waals surface area (Å²) < 4.78 is 42.3. The molecular weight excluding hydrogens is 301 g/mol. The van der Waals surface area contributed by atoms with E-state index in [1.165, 1.54) is 26.2 Å². The van der Waals surface area contributed by atoms with Gasteiger partial charge in [0.15, 0.2) is 0 Å². The predicted molar refractivity (Wildman–Crippen MR) is 72.6 cm³/mol. The van der Waals surface area contributed by atoms with E-state index in [1.807, 2.05) is 0 Å². The topological polar surface area (TPSA) is 81.4 Å². The molecule has 1 amide bonds. The van der Waals surface area contributed by atoms with Gasteiger partial charge in [-0.15, -0.1) is 0 Å². The van der Waals surface area contributed by atoms with Crippen molar-refractivity contribution in [2.45, 2.75) is 31.6 Å². The maximum absolute atomic E-state index is 12.6. The summed E-state index contributed by atoms with van der Waals surface area (Å²) in [4.78, 5) is 22.9. The van der Waals surface area contributed by atoms with Gasteiger partial charge < -0.3 is 15.8 Å². The summed E-state index contributed by atoms with van der Waals surface area (Å²) in [6.45, 7) is 1.43. The fraction of sp³-hybridized carbons (Fsp3) is 0.429. The van der Waals surface area contributed by atoms with Crippen LogP contribution in [-0.4, -0.2) is 25.0 Å². The third kappa shape index (κ3) is 5.03. The number of nitrogens with two attached hydrogens (primary N) is 1. The van der Waals surface area contributed by atoms with Crippen molar-refractivity contribution in [2.24, 2.45) is 5.73 Å². The van der Waals surface area contributed by atoms with Crippen LogP contribution in [0, 0.1) is 0 Å². The molecule has 0 spiro atoms. The number of ether oxygens (including phenoxy) is 1. The molecule has 0 aliphatic heterocycles. The number of amides is 1. The lowest BCUT2D eigenvalue weighted by molar-refractivity contribution is -0.144. The Labute approximate surface area is 125 Å². The minimum Gasteiger partial charge on any atom is -0.467 e. The molecule has 0 bridgehead atoms. The van der Waals surface area contributed by atoms with Gasteiger partial charge in [-0.1, -0.05) is 12.1 Å². The van der Waals surface area contributed by atoms with Crippen molar-refractivity contribution in [1.29, 1.82) is 0 Å². The van der Waals surface area contributed by atoms with Gasteiger partial charge in [-0.3, -0.25) is 4.79 Å². The highest BCUT2D eigenvalue weighted by Crippen LogP contribution is 2.30. The standard InChI is InChI=1S/C14H17F3N2O3/c1-8(13(21)22-2)19-12(20)7-11(18)9-4-3-5-10(6-9)14(15,16)17/h3-6,8,11H,7,18H2,1-2H3,(H,19,20). The second kappa shape index (κ2) is 7.26. The monoisotopic (exact) mass is 318 g/mol. The Hall–Kier alpha value is -2.09. The number of halogens is 3. The number of benzene rings is 1. The number of alkyl halides is 3. The third-order valence-electron chi connectivity index (χ3n) is 2.98. The van der Waals surface area contributed by atoms with Crippen LogP contribution in [0.25, 0.3) is 0 Å². The lowest BCUT2D eigenvalue weighted by atomic mass is 10.0.